The van der Waals surface area contributed by atoms with Crippen molar-refractivity contribution in [1.82, 2.24) is 14.5 Å². The van der Waals surface area contributed by atoms with E-state index >= 15 is 0 Å². The number of benzene rings is 2. The van der Waals surface area contributed by atoms with Crippen LogP contribution in [0.2, 0.25) is 0 Å². The molecule has 1 atom stereocenters. The number of hydrogen-bond acceptors (Lipinski definition) is 4. The average Bonchev–Trinajstić information content (AvgIpc) is 3.37. The number of fused-ring (bicyclic) bond motifs is 1. The summed E-state index contributed by atoms with van der Waals surface area (Å²) in [6, 6.07) is 13.7. The molecule has 0 spiro atoms. The lowest BCUT2D eigenvalue weighted by molar-refractivity contribution is 0.319. The molecule has 0 bridgehead atoms. The number of pyridine rings is 1. The van der Waals surface area contributed by atoms with Crippen LogP contribution in [0.25, 0.3) is 33.3 Å². The second kappa shape index (κ2) is 8.64. The number of hydrogen-bond donors (Lipinski definition) is 1. The van der Waals surface area contributed by atoms with Gasteiger partial charge in [-0.05, 0) is 48.7 Å². The van der Waals surface area contributed by atoms with Gasteiger partial charge in [0.2, 0.25) is 0 Å². The predicted octanol–water partition coefficient (Wildman–Crippen LogP) is 4.90. The van der Waals surface area contributed by atoms with Gasteiger partial charge in [-0.25, -0.2) is 8.78 Å². The van der Waals surface area contributed by atoms with Crippen molar-refractivity contribution in [3.63, 3.8) is 0 Å². The van der Waals surface area contributed by atoms with E-state index < -0.39 is 5.82 Å². The lowest BCUT2D eigenvalue weighted by Gasteiger charge is -2.15. The third kappa shape index (κ3) is 3.85. The Labute approximate surface area is 197 Å². The summed E-state index contributed by atoms with van der Waals surface area (Å²) in [6.45, 7) is 4.25. The molecule has 1 aliphatic rings. The largest absolute Gasteiger partial charge is 0.345 e. The maximum atomic E-state index is 14.7. The molecule has 3 heterocycles. The van der Waals surface area contributed by atoms with Crippen molar-refractivity contribution in [3.05, 3.63) is 77.1 Å². The summed E-state index contributed by atoms with van der Waals surface area (Å²) in [4.78, 5) is 7.03. The average molecular weight is 458 g/mol. The molecule has 1 fully saturated rings. The zero-order chi connectivity index (χ0) is 24.0. The van der Waals surface area contributed by atoms with Crippen LogP contribution in [0.15, 0.2) is 48.7 Å². The minimum Gasteiger partial charge on any atom is -0.345 e. The molecule has 0 unspecified atom stereocenters. The minimum absolute atomic E-state index is 0.0223. The number of nitriles is 1. The lowest BCUT2D eigenvalue weighted by atomic mass is 9.95. The van der Waals surface area contributed by atoms with Crippen molar-refractivity contribution in [2.24, 2.45) is 12.8 Å². The van der Waals surface area contributed by atoms with Gasteiger partial charge in [-0.3, -0.25) is 9.88 Å². The first-order valence-electron chi connectivity index (χ1n) is 11.3. The molecule has 0 aliphatic carbocycles. The molecule has 1 saturated heterocycles. The topological polar surface area (TPSA) is 70.9 Å². The molecular weight excluding hydrogens is 432 g/mol. The number of nitrogens with two attached hydrogens (primary N) is 1. The second-order valence-electron chi connectivity index (χ2n) is 9.03. The van der Waals surface area contributed by atoms with Gasteiger partial charge in [-0.1, -0.05) is 18.2 Å². The van der Waals surface area contributed by atoms with E-state index in [1.807, 2.05) is 19.2 Å². The zero-order valence-electron chi connectivity index (χ0n) is 19.1. The van der Waals surface area contributed by atoms with Crippen LogP contribution in [-0.2, 0) is 13.6 Å². The van der Waals surface area contributed by atoms with Gasteiger partial charge in [0, 0.05) is 54.9 Å². The first-order valence-corrected chi connectivity index (χ1v) is 11.3. The molecule has 0 saturated carbocycles. The number of aromatic nitrogens is 2. The normalized spacial score (nSPS) is 16.3. The Kier molecular flexibility index (Phi) is 5.64. The molecular formula is C27H25F2N5. The molecule has 2 aromatic carbocycles. The lowest BCUT2D eigenvalue weighted by Crippen LogP contribution is -2.26. The molecule has 2 aromatic heterocycles. The van der Waals surface area contributed by atoms with E-state index in [0.29, 0.717) is 27.9 Å². The Morgan fingerprint density at radius 1 is 1.12 bits per heavy atom. The van der Waals surface area contributed by atoms with E-state index in [-0.39, 0.29) is 17.4 Å². The monoisotopic (exact) mass is 457 g/mol. The fourth-order valence-electron chi connectivity index (χ4n) is 4.75. The summed E-state index contributed by atoms with van der Waals surface area (Å²) in [5.74, 6) is -0.921. The number of halogens is 2. The van der Waals surface area contributed by atoms with Crippen LogP contribution in [0, 0.1) is 29.9 Å². The van der Waals surface area contributed by atoms with Crippen LogP contribution >= 0.6 is 0 Å². The summed E-state index contributed by atoms with van der Waals surface area (Å²) < 4.78 is 31.2. The number of aryl methyl sites for hydroxylation is 2. The maximum Gasteiger partial charge on any atom is 0.141 e. The summed E-state index contributed by atoms with van der Waals surface area (Å²) >= 11 is 0. The Bertz CT molecular complexity index is 1450. The molecule has 34 heavy (non-hydrogen) atoms. The third-order valence-corrected chi connectivity index (χ3v) is 6.72. The highest BCUT2D eigenvalue weighted by Crippen LogP contribution is 2.39. The highest BCUT2D eigenvalue weighted by molar-refractivity contribution is 6.02. The van der Waals surface area contributed by atoms with E-state index in [4.69, 9.17) is 10.7 Å². The first kappa shape index (κ1) is 22.2. The van der Waals surface area contributed by atoms with Gasteiger partial charge in [0.05, 0.1) is 23.0 Å². The van der Waals surface area contributed by atoms with Gasteiger partial charge < -0.3 is 10.3 Å². The molecule has 0 amide bonds. The Morgan fingerprint density at radius 2 is 1.88 bits per heavy atom. The van der Waals surface area contributed by atoms with Crippen LogP contribution in [0.1, 0.15) is 23.2 Å². The third-order valence-electron chi connectivity index (χ3n) is 6.72. The van der Waals surface area contributed by atoms with Crippen molar-refractivity contribution in [3.8, 4) is 28.5 Å². The van der Waals surface area contributed by atoms with Gasteiger partial charge in [0.25, 0.3) is 0 Å². The van der Waals surface area contributed by atoms with E-state index in [9.17, 15) is 14.0 Å². The fourth-order valence-corrected chi connectivity index (χ4v) is 4.75. The molecule has 5 nitrogen and oxygen atoms in total. The van der Waals surface area contributed by atoms with E-state index in [1.165, 1.54) is 18.2 Å². The molecule has 7 heteroatoms. The summed E-state index contributed by atoms with van der Waals surface area (Å²) in [5.41, 5.74) is 11.1. The van der Waals surface area contributed by atoms with Crippen LogP contribution in [0.5, 0.6) is 0 Å². The Morgan fingerprint density at radius 3 is 2.56 bits per heavy atom. The van der Waals surface area contributed by atoms with Crippen molar-refractivity contribution in [2.45, 2.75) is 25.9 Å². The van der Waals surface area contributed by atoms with Crippen LogP contribution in [0.4, 0.5) is 8.78 Å². The SMILES string of the molecule is Cc1ccc(-c2ncc3c(cc(CN4CC[C@H](N)C4)n3C)c2-c2ccc(C#N)c(F)c2)cc1F. The second-order valence-corrected chi connectivity index (χ2v) is 9.03. The van der Waals surface area contributed by atoms with Crippen LogP contribution < -0.4 is 5.73 Å². The van der Waals surface area contributed by atoms with Crippen molar-refractivity contribution < 1.29 is 8.78 Å². The Hall–Kier alpha value is -3.60. The zero-order valence-corrected chi connectivity index (χ0v) is 19.1. The molecule has 172 valence electrons. The Balaban J connectivity index is 1.73. The van der Waals surface area contributed by atoms with Gasteiger partial charge in [0.1, 0.15) is 17.7 Å². The van der Waals surface area contributed by atoms with Crippen molar-refractivity contribution in [1.29, 1.82) is 5.26 Å². The smallest absolute Gasteiger partial charge is 0.141 e. The van der Waals surface area contributed by atoms with Gasteiger partial charge >= 0.3 is 0 Å². The van der Waals surface area contributed by atoms with E-state index in [1.54, 1.807) is 25.3 Å². The fraction of sp³-hybridized carbons (Fsp3) is 0.259. The molecule has 4 aromatic rings. The molecule has 0 radical (unpaired) electrons. The first-order chi connectivity index (χ1) is 16.4. The quantitative estimate of drug-likeness (QED) is 0.473. The summed E-state index contributed by atoms with van der Waals surface area (Å²) in [5, 5.41) is 10.1. The summed E-state index contributed by atoms with van der Waals surface area (Å²) in [7, 11) is 1.99. The minimum atomic E-state index is -0.597. The standard InChI is InChI=1S/C27H25F2N5/c1-16-3-4-18(10-23(16)28)27-26(17-5-6-19(12-30)24(29)9-17)22-11-21(33(2)25(22)13-32-27)15-34-8-7-20(31)14-34/h3-6,9-11,13,20H,7-8,14-15,31H2,1-2H3/t20-/m0/s1. The van der Waals surface area contributed by atoms with Gasteiger partial charge in [-0.15, -0.1) is 0 Å². The van der Waals surface area contributed by atoms with Crippen molar-refractivity contribution in [2.75, 3.05) is 13.1 Å². The van der Waals surface area contributed by atoms with Crippen LogP contribution in [0.3, 0.4) is 0 Å². The number of likely N-dealkylation sites (tertiary alicyclic amines) is 1. The summed E-state index contributed by atoms with van der Waals surface area (Å²) in [6.07, 6.45) is 2.76. The molecule has 5 rings (SSSR count). The molecule has 2 N–H and O–H groups in total. The van der Waals surface area contributed by atoms with Crippen molar-refractivity contribution >= 4 is 10.9 Å². The predicted molar refractivity (Wildman–Crippen MR) is 129 cm³/mol. The maximum absolute atomic E-state index is 14.7. The molecule has 1 aliphatic heterocycles. The van der Waals surface area contributed by atoms with Gasteiger partial charge in [-0.2, -0.15) is 5.26 Å². The number of rotatable bonds is 4. The van der Waals surface area contributed by atoms with Gasteiger partial charge in [0.15, 0.2) is 0 Å². The number of nitrogens with zero attached hydrogens (tertiary/aromatic N) is 4. The van der Waals surface area contributed by atoms with E-state index in [2.05, 4.69) is 15.5 Å². The highest BCUT2D eigenvalue weighted by Gasteiger charge is 2.23. The van der Waals surface area contributed by atoms with Crippen LogP contribution in [-0.4, -0.2) is 33.6 Å². The highest BCUT2D eigenvalue weighted by atomic mass is 19.1. The van der Waals surface area contributed by atoms with E-state index in [0.717, 1.165) is 42.7 Å².